The van der Waals surface area contributed by atoms with Crippen LogP contribution in [0, 0.1) is 0 Å². The quantitative estimate of drug-likeness (QED) is 0.348. The van der Waals surface area contributed by atoms with Crippen molar-refractivity contribution in [2.45, 2.75) is 19.3 Å². The molecule has 1 rings (SSSR count). The zero-order valence-corrected chi connectivity index (χ0v) is 9.46. The molecular weight excluding hydrogens is 250 g/mol. The first-order valence-corrected chi connectivity index (χ1v) is 4.92. The predicted molar refractivity (Wildman–Crippen MR) is 57.3 cm³/mol. The molecule has 1 aliphatic rings. The minimum Gasteiger partial charge on any atom is -0.473 e. The van der Waals surface area contributed by atoms with E-state index in [1.54, 1.807) is 0 Å². The summed E-state index contributed by atoms with van der Waals surface area (Å²) in [6, 6.07) is 0. The molecule has 0 spiro atoms. The van der Waals surface area contributed by atoms with Crippen LogP contribution in [0.3, 0.4) is 0 Å². The fraction of sp³-hybridized carbons (Fsp3) is 0.556. The lowest BCUT2D eigenvalue weighted by Crippen LogP contribution is -2.21. The average Bonchev–Trinajstić information content (AvgIpc) is 2.32. The zero-order chi connectivity index (χ0) is 14.6. The monoisotopic (exact) mass is 265 g/mol. The molecule has 0 radical (unpaired) electrons. The summed E-state index contributed by atoms with van der Waals surface area (Å²) < 4.78 is 0. The topological polar surface area (TPSA) is 161 Å². The summed E-state index contributed by atoms with van der Waals surface area (Å²) in [6.45, 7) is 2.50. The van der Waals surface area contributed by atoms with Gasteiger partial charge in [0.05, 0.1) is 0 Å². The molecule has 0 atom stereocenters. The van der Waals surface area contributed by atoms with E-state index in [9.17, 15) is 0 Å². The summed E-state index contributed by atoms with van der Waals surface area (Å²) in [5, 5.41) is 32.8. The van der Waals surface area contributed by atoms with Gasteiger partial charge in [-0.15, -0.1) is 0 Å². The van der Waals surface area contributed by atoms with Crippen molar-refractivity contribution in [3.05, 3.63) is 0 Å². The highest BCUT2D eigenvalue weighted by atomic mass is 16.4. The number of aliphatic carboxylic acids is 4. The Labute approximate surface area is 102 Å². The maximum Gasteiger partial charge on any atom is 0.414 e. The molecule has 0 bridgehead atoms. The molecule has 0 saturated carbocycles. The third-order valence-corrected chi connectivity index (χ3v) is 1.57. The molecule has 0 aromatic carbocycles. The molecule has 1 heterocycles. The van der Waals surface area contributed by atoms with E-state index in [2.05, 4.69) is 5.32 Å². The van der Waals surface area contributed by atoms with Crippen LogP contribution < -0.4 is 5.32 Å². The van der Waals surface area contributed by atoms with E-state index in [1.807, 2.05) is 0 Å². The molecule has 1 saturated heterocycles. The normalized spacial score (nSPS) is 12.9. The van der Waals surface area contributed by atoms with E-state index in [-0.39, 0.29) is 0 Å². The lowest BCUT2D eigenvalue weighted by Gasteiger charge is -2.08. The van der Waals surface area contributed by atoms with Crippen molar-refractivity contribution in [1.29, 1.82) is 0 Å². The first-order chi connectivity index (χ1) is 8.29. The first kappa shape index (κ1) is 18.2. The average molecular weight is 265 g/mol. The zero-order valence-electron chi connectivity index (χ0n) is 9.46. The largest absolute Gasteiger partial charge is 0.473 e. The molecule has 0 aromatic rings. The van der Waals surface area contributed by atoms with Crippen molar-refractivity contribution in [2.24, 2.45) is 0 Å². The van der Waals surface area contributed by atoms with E-state index in [1.165, 1.54) is 32.4 Å². The molecule has 1 fully saturated rings. The van der Waals surface area contributed by atoms with E-state index < -0.39 is 23.9 Å². The fourth-order valence-electron chi connectivity index (χ4n) is 0.802. The third kappa shape index (κ3) is 16.3. The number of piperidine rings is 1. The van der Waals surface area contributed by atoms with E-state index in [0.29, 0.717) is 0 Å². The Morgan fingerprint density at radius 1 is 0.611 bits per heavy atom. The number of nitrogens with one attached hydrogen (secondary N) is 1. The second-order valence-corrected chi connectivity index (χ2v) is 3.03. The molecule has 104 valence electrons. The molecule has 5 N–H and O–H groups in total. The number of carboxylic acid groups (broad SMARTS) is 4. The summed E-state index contributed by atoms with van der Waals surface area (Å²) in [5.41, 5.74) is 0. The molecule has 9 heteroatoms. The van der Waals surface area contributed by atoms with Gasteiger partial charge in [0.15, 0.2) is 0 Å². The van der Waals surface area contributed by atoms with Crippen molar-refractivity contribution >= 4 is 23.9 Å². The van der Waals surface area contributed by atoms with Crippen LogP contribution in [0.15, 0.2) is 0 Å². The minimum atomic E-state index is -1.82. The summed E-state index contributed by atoms with van der Waals surface area (Å²) in [6.07, 6.45) is 4.22. The second kappa shape index (κ2) is 11.3. The van der Waals surface area contributed by atoms with E-state index in [4.69, 9.17) is 39.6 Å². The van der Waals surface area contributed by atoms with Crippen LogP contribution >= 0.6 is 0 Å². The number of rotatable bonds is 0. The van der Waals surface area contributed by atoms with Crippen LogP contribution in [0.1, 0.15) is 19.3 Å². The smallest absolute Gasteiger partial charge is 0.414 e. The lowest BCUT2D eigenvalue weighted by atomic mass is 10.2. The van der Waals surface area contributed by atoms with Gasteiger partial charge >= 0.3 is 23.9 Å². The van der Waals surface area contributed by atoms with Gasteiger partial charge in [-0.2, -0.15) is 0 Å². The van der Waals surface area contributed by atoms with Gasteiger partial charge in [-0.1, -0.05) is 6.42 Å². The van der Waals surface area contributed by atoms with Crippen molar-refractivity contribution in [3.8, 4) is 0 Å². The highest BCUT2D eigenvalue weighted by Gasteiger charge is 2.04. The highest BCUT2D eigenvalue weighted by Crippen LogP contribution is 1.96. The molecule has 9 nitrogen and oxygen atoms in total. The second-order valence-electron chi connectivity index (χ2n) is 3.03. The fourth-order valence-corrected chi connectivity index (χ4v) is 0.802. The summed E-state index contributed by atoms with van der Waals surface area (Å²) in [5.74, 6) is -7.30. The Kier molecular flexibility index (Phi) is 11.5. The maximum atomic E-state index is 9.10. The predicted octanol–water partition coefficient (Wildman–Crippen LogP) is -0.929. The van der Waals surface area contributed by atoms with Crippen molar-refractivity contribution in [1.82, 2.24) is 5.32 Å². The van der Waals surface area contributed by atoms with Gasteiger partial charge in [-0.3, -0.25) is 0 Å². The van der Waals surface area contributed by atoms with Crippen LogP contribution in [0.2, 0.25) is 0 Å². The van der Waals surface area contributed by atoms with Gasteiger partial charge in [0.25, 0.3) is 0 Å². The maximum absolute atomic E-state index is 9.10. The summed E-state index contributed by atoms with van der Waals surface area (Å²) >= 11 is 0. The van der Waals surface area contributed by atoms with E-state index in [0.717, 1.165) is 0 Å². The van der Waals surface area contributed by atoms with Crippen molar-refractivity contribution in [3.63, 3.8) is 0 Å². The first-order valence-electron chi connectivity index (χ1n) is 4.92. The standard InChI is InChI=1S/C5H11N.2C2H2O4/c1-2-4-6-5-3-1;2*3-1(4)2(5)6/h6H,1-5H2;2*(H,3,4)(H,5,6). The Morgan fingerprint density at radius 3 is 0.944 bits per heavy atom. The van der Waals surface area contributed by atoms with E-state index >= 15 is 0 Å². The van der Waals surface area contributed by atoms with Crippen molar-refractivity contribution < 1.29 is 39.6 Å². The highest BCUT2D eigenvalue weighted by molar-refractivity contribution is 6.27. The summed E-state index contributed by atoms with van der Waals surface area (Å²) in [4.78, 5) is 36.4. The lowest BCUT2D eigenvalue weighted by molar-refractivity contribution is -0.159. The third-order valence-electron chi connectivity index (χ3n) is 1.57. The van der Waals surface area contributed by atoms with Gasteiger partial charge in [0, 0.05) is 0 Å². The molecule has 0 unspecified atom stereocenters. The Hall–Kier alpha value is -2.16. The number of carbonyl (C=O) groups is 4. The summed E-state index contributed by atoms with van der Waals surface area (Å²) in [7, 11) is 0. The van der Waals surface area contributed by atoms with Crippen LogP contribution in [0.25, 0.3) is 0 Å². The molecule has 0 aromatic heterocycles. The minimum absolute atomic E-state index is 1.25. The van der Waals surface area contributed by atoms with Crippen LogP contribution in [0.5, 0.6) is 0 Å². The van der Waals surface area contributed by atoms with Crippen LogP contribution in [0.4, 0.5) is 0 Å². The van der Waals surface area contributed by atoms with Gasteiger partial charge in [0.2, 0.25) is 0 Å². The van der Waals surface area contributed by atoms with Crippen LogP contribution in [-0.2, 0) is 19.2 Å². The number of carboxylic acids is 4. The Bertz CT molecular complexity index is 237. The van der Waals surface area contributed by atoms with Gasteiger partial charge < -0.3 is 25.7 Å². The number of hydrogen-bond acceptors (Lipinski definition) is 5. The molecular formula is C9H15NO8. The van der Waals surface area contributed by atoms with Crippen molar-refractivity contribution in [2.75, 3.05) is 13.1 Å². The molecule has 0 aliphatic carbocycles. The SMILES string of the molecule is C1CCNCC1.O=C(O)C(=O)O.O=C(O)C(=O)O. The molecule has 1 aliphatic heterocycles. The van der Waals surface area contributed by atoms with Gasteiger partial charge in [-0.05, 0) is 25.9 Å². The van der Waals surface area contributed by atoms with Gasteiger partial charge in [-0.25, -0.2) is 19.2 Å². The molecule has 0 amide bonds. The Balaban J connectivity index is 0. The molecule has 18 heavy (non-hydrogen) atoms. The van der Waals surface area contributed by atoms with Crippen LogP contribution in [-0.4, -0.2) is 57.4 Å². The number of hydrogen-bond donors (Lipinski definition) is 5. The Morgan fingerprint density at radius 2 is 0.889 bits per heavy atom. The van der Waals surface area contributed by atoms with Gasteiger partial charge in [0.1, 0.15) is 0 Å².